The Bertz CT molecular complexity index is 627. The Morgan fingerprint density at radius 2 is 1.85 bits per heavy atom. The van der Waals surface area contributed by atoms with Crippen LogP contribution in [-0.4, -0.2) is 9.97 Å². The number of benzene rings is 1. The van der Waals surface area contributed by atoms with E-state index in [0.717, 1.165) is 39.4 Å². The van der Waals surface area contributed by atoms with Gasteiger partial charge in [-0.1, -0.05) is 28.9 Å². The van der Waals surface area contributed by atoms with Crippen molar-refractivity contribution < 1.29 is 0 Å². The SMILES string of the molecule is CCc1nc(NN)c(C)c(Nc2cccc(Br)c2C)n1. The van der Waals surface area contributed by atoms with Gasteiger partial charge in [0.2, 0.25) is 0 Å². The summed E-state index contributed by atoms with van der Waals surface area (Å²) in [5.41, 5.74) is 5.65. The minimum absolute atomic E-state index is 0.645. The number of nitrogen functional groups attached to an aromatic ring is 1. The monoisotopic (exact) mass is 335 g/mol. The molecule has 1 aromatic heterocycles. The van der Waals surface area contributed by atoms with E-state index in [0.29, 0.717) is 5.82 Å². The Balaban J connectivity index is 2.45. The van der Waals surface area contributed by atoms with Gasteiger partial charge in [-0.25, -0.2) is 15.8 Å². The number of nitrogens with zero attached hydrogens (tertiary/aromatic N) is 2. The summed E-state index contributed by atoms with van der Waals surface area (Å²) >= 11 is 3.53. The van der Waals surface area contributed by atoms with Crippen LogP contribution in [0.5, 0.6) is 0 Å². The van der Waals surface area contributed by atoms with E-state index in [4.69, 9.17) is 5.84 Å². The molecule has 0 aliphatic rings. The van der Waals surface area contributed by atoms with Crippen molar-refractivity contribution in [1.29, 1.82) is 0 Å². The second-order valence-corrected chi connectivity index (χ2v) is 5.35. The van der Waals surface area contributed by atoms with Crippen molar-refractivity contribution >= 4 is 33.3 Å². The number of halogens is 1. The van der Waals surface area contributed by atoms with Crippen LogP contribution in [0.15, 0.2) is 22.7 Å². The highest BCUT2D eigenvalue weighted by atomic mass is 79.9. The summed E-state index contributed by atoms with van der Waals surface area (Å²) in [5, 5.41) is 3.35. The Kier molecular flexibility index (Phi) is 4.57. The third kappa shape index (κ3) is 2.91. The molecule has 0 radical (unpaired) electrons. The van der Waals surface area contributed by atoms with Crippen molar-refractivity contribution in [2.75, 3.05) is 10.7 Å². The molecular formula is C14H18BrN5. The fraction of sp³-hybridized carbons (Fsp3) is 0.286. The number of hydrogen-bond donors (Lipinski definition) is 3. The third-order valence-electron chi connectivity index (χ3n) is 3.17. The highest BCUT2D eigenvalue weighted by Crippen LogP contribution is 2.28. The molecule has 0 saturated carbocycles. The number of anilines is 3. The second-order valence-electron chi connectivity index (χ2n) is 4.50. The molecule has 0 fully saturated rings. The Morgan fingerprint density at radius 1 is 1.15 bits per heavy atom. The predicted octanol–water partition coefficient (Wildman–Crippen LogP) is 3.45. The van der Waals surface area contributed by atoms with E-state index in [1.807, 2.05) is 39.0 Å². The lowest BCUT2D eigenvalue weighted by Gasteiger charge is -2.15. The summed E-state index contributed by atoms with van der Waals surface area (Å²) in [6, 6.07) is 6.01. The zero-order chi connectivity index (χ0) is 14.7. The van der Waals surface area contributed by atoms with Crippen LogP contribution in [0, 0.1) is 13.8 Å². The zero-order valence-corrected chi connectivity index (χ0v) is 13.4. The average molecular weight is 336 g/mol. The van der Waals surface area contributed by atoms with E-state index >= 15 is 0 Å². The predicted molar refractivity (Wildman–Crippen MR) is 86.1 cm³/mol. The Hall–Kier alpha value is -1.66. The molecule has 0 saturated heterocycles. The van der Waals surface area contributed by atoms with Crippen molar-refractivity contribution in [1.82, 2.24) is 9.97 Å². The molecule has 0 unspecified atom stereocenters. The number of aromatic nitrogens is 2. The lowest BCUT2D eigenvalue weighted by atomic mass is 10.2. The lowest BCUT2D eigenvalue weighted by molar-refractivity contribution is 0.932. The van der Waals surface area contributed by atoms with Crippen LogP contribution < -0.4 is 16.6 Å². The fourth-order valence-corrected chi connectivity index (χ4v) is 2.22. The molecule has 0 bridgehead atoms. The van der Waals surface area contributed by atoms with Crippen molar-refractivity contribution in [3.05, 3.63) is 39.6 Å². The van der Waals surface area contributed by atoms with E-state index in [-0.39, 0.29) is 0 Å². The summed E-state index contributed by atoms with van der Waals surface area (Å²) in [6.45, 7) is 6.00. The Labute approximate surface area is 127 Å². The minimum atomic E-state index is 0.645. The molecule has 106 valence electrons. The largest absolute Gasteiger partial charge is 0.340 e. The van der Waals surface area contributed by atoms with Gasteiger partial charge in [0, 0.05) is 22.1 Å². The molecule has 2 aromatic rings. The number of hydrazine groups is 1. The van der Waals surface area contributed by atoms with Crippen LogP contribution in [-0.2, 0) is 6.42 Å². The first-order valence-electron chi connectivity index (χ1n) is 6.43. The van der Waals surface area contributed by atoms with Crippen LogP contribution in [0.1, 0.15) is 23.9 Å². The molecule has 0 amide bonds. The number of aryl methyl sites for hydroxylation is 1. The van der Waals surface area contributed by atoms with Gasteiger partial charge in [0.15, 0.2) is 0 Å². The van der Waals surface area contributed by atoms with E-state index in [9.17, 15) is 0 Å². The van der Waals surface area contributed by atoms with E-state index < -0.39 is 0 Å². The van der Waals surface area contributed by atoms with E-state index in [2.05, 4.69) is 36.6 Å². The molecular weight excluding hydrogens is 318 g/mol. The van der Waals surface area contributed by atoms with Crippen LogP contribution in [0.3, 0.4) is 0 Å². The molecule has 20 heavy (non-hydrogen) atoms. The summed E-state index contributed by atoms with van der Waals surface area (Å²) in [5.74, 6) is 7.68. The first kappa shape index (κ1) is 14.7. The maximum Gasteiger partial charge on any atom is 0.148 e. The minimum Gasteiger partial charge on any atom is -0.340 e. The van der Waals surface area contributed by atoms with Gasteiger partial charge >= 0.3 is 0 Å². The third-order valence-corrected chi connectivity index (χ3v) is 4.02. The van der Waals surface area contributed by atoms with Gasteiger partial charge in [-0.2, -0.15) is 0 Å². The molecule has 2 rings (SSSR count). The quantitative estimate of drug-likeness (QED) is 0.589. The van der Waals surface area contributed by atoms with Gasteiger partial charge in [-0.15, -0.1) is 0 Å². The first-order chi connectivity index (χ1) is 9.56. The molecule has 1 heterocycles. The number of hydrogen-bond acceptors (Lipinski definition) is 5. The summed E-state index contributed by atoms with van der Waals surface area (Å²) < 4.78 is 1.06. The smallest absolute Gasteiger partial charge is 0.148 e. The topological polar surface area (TPSA) is 75.9 Å². The summed E-state index contributed by atoms with van der Waals surface area (Å²) in [6.07, 6.45) is 0.751. The van der Waals surface area contributed by atoms with Gasteiger partial charge < -0.3 is 10.7 Å². The van der Waals surface area contributed by atoms with Gasteiger partial charge in [0.1, 0.15) is 17.5 Å². The standard InChI is InChI=1S/C14H18BrN5/c1-4-12-18-13(9(3)14(19-12)20-16)17-11-7-5-6-10(15)8(11)2/h5-7H,4,16H2,1-3H3,(H2,17,18,19,20). The highest BCUT2D eigenvalue weighted by molar-refractivity contribution is 9.10. The zero-order valence-electron chi connectivity index (χ0n) is 11.8. The maximum atomic E-state index is 5.51. The van der Waals surface area contributed by atoms with Crippen LogP contribution in [0.2, 0.25) is 0 Å². The number of rotatable bonds is 4. The molecule has 4 N–H and O–H groups in total. The van der Waals surface area contributed by atoms with Crippen LogP contribution in [0.25, 0.3) is 0 Å². The molecule has 0 aliphatic heterocycles. The van der Waals surface area contributed by atoms with Crippen molar-refractivity contribution in [3.8, 4) is 0 Å². The summed E-state index contributed by atoms with van der Waals surface area (Å²) in [4.78, 5) is 8.89. The van der Waals surface area contributed by atoms with Gasteiger partial charge in [0.05, 0.1) is 0 Å². The molecule has 0 aliphatic carbocycles. The molecule has 5 nitrogen and oxygen atoms in total. The number of nitrogens with two attached hydrogens (primary N) is 1. The average Bonchev–Trinajstić information content (AvgIpc) is 2.45. The van der Waals surface area contributed by atoms with Gasteiger partial charge in [-0.05, 0) is 31.5 Å². The normalized spacial score (nSPS) is 10.4. The van der Waals surface area contributed by atoms with Crippen LogP contribution >= 0.6 is 15.9 Å². The van der Waals surface area contributed by atoms with E-state index in [1.165, 1.54) is 0 Å². The van der Waals surface area contributed by atoms with Crippen molar-refractivity contribution in [2.24, 2.45) is 5.84 Å². The van der Waals surface area contributed by atoms with E-state index in [1.54, 1.807) is 0 Å². The van der Waals surface area contributed by atoms with Crippen LogP contribution in [0.4, 0.5) is 17.3 Å². The molecule has 0 atom stereocenters. The van der Waals surface area contributed by atoms with Crippen molar-refractivity contribution in [3.63, 3.8) is 0 Å². The second kappa shape index (κ2) is 6.19. The first-order valence-corrected chi connectivity index (χ1v) is 7.22. The number of nitrogens with one attached hydrogen (secondary N) is 2. The lowest BCUT2D eigenvalue weighted by Crippen LogP contribution is -2.14. The van der Waals surface area contributed by atoms with Gasteiger partial charge in [0.25, 0.3) is 0 Å². The molecule has 1 aromatic carbocycles. The highest BCUT2D eigenvalue weighted by Gasteiger charge is 2.11. The maximum absolute atomic E-state index is 5.51. The molecule has 6 heteroatoms. The molecule has 0 spiro atoms. The van der Waals surface area contributed by atoms with Crippen molar-refractivity contribution in [2.45, 2.75) is 27.2 Å². The fourth-order valence-electron chi connectivity index (χ4n) is 1.85. The Morgan fingerprint density at radius 3 is 2.50 bits per heavy atom. The summed E-state index contributed by atoms with van der Waals surface area (Å²) in [7, 11) is 0. The van der Waals surface area contributed by atoms with Gasteiger partial charge in [-0.3, -0.25) is 0 Å².